The Hall–Kier alpha value is -3.46. The summed E-state index contributed by atoms with van der Waals surface area (Å²) in [5.74, 6) is -2.04. The second kappa shape index (κ2) is 8.34. The van der Waals surface area contributed by atoms with Crippen LogP contribution >= 0.6 is 0 Å². The normalized spacial score (nSPS) is 20.9. The lowest BCUT2D eigenvalue weighted by Gasteiger charge is -2.35. The first-order chi connectivity index (χ1) is 17.0. The third kappa shape index (κ3) is 3.40. The van der Waals surface area contributed by atoms with Gasteiger partial charge in [0, 0.05) is 47.4 Å². The van der Waals surface area contributed by atoms with Gasteiger partial charge in [0.05, 0.1) is 24.7 Å². The van der Waals surface area contributed by atoms with Crippen molar-refractivity contribution in [2.24, 2.45) is 5.92 Å². The molecule has 1 saturated carbocycles. The van der Waals surface area contributed by atoms with Gasteiger partial charge in [-0.25, -0.2) is 8.78 Å². The average Bonchev–Trinajstić information content (AvgIpc) is 3.43. The van der Waals surface area contributed by atoms with Gasteiger partial charge < -0.3 is 19.1 Å². The van der Waals surface area contributed by atoms with Gasteiger partial charge in [0.1, 0.15) is 5.52 Å². The first-order valence-corrected chi connectivity index (χ1v) is 11.8. The number of hydrogen-bond acceptors (Lipinski definition) is 4. The van der Waals surface area contributed by atoms with E-state index in [1.165, 1.54) is 13.2 Å². The number of ether oxygens (including phenoxy) is 2. The standard InChI is InChI=1S/C26H25F2N3O4/c1-34-20-11-17(2-3-18(20)27)31-19-10-16-12-29-30-24(16)23(28)22(19)21(14-8-15(9-14)26(32)33)25(31)13-4-6-35-7-5-13/h2-3,10-15H,4-9H2,1H3,(H,29,30)(H,32,33)/t14-,15-. The molecule has 2 aromatic heterocycles. The number of aromatic nitrogens is 3. The van der Waals surface area contributed by atoms with Crippen LogP contribution in [0.2, 0.25) is 0 Å². The molecule has 0 unspecified atom stereocenters. The molecule has 4 aromatic rings. The summed E-state index contributed by atoms with van der Waals surface area (Å²) in [6.07, 6.45) is 4.02. The van der Waals surface area contributed by atoms with E-state index in [-0.39, 0.29) is 17.6 Å². The Labute approximate surface area is 199 Å². The Morgan fingerprint density at radius 3 is 2.69 bits per heavy atom. The van der Waals surface area contributed by atoms with Crippen LogP contribution < -0.4 is 4.74 Å². The molecule has 0 radical (unpaired) electrons. The van der Waals surface area contributed by atoms with Crippen LogP contribution in [-0.2, 0) is 9.53 Å². The second-order valence-electron chi connectivity index (χ2n) is 9.46. The highest BCUT2D eigenvalue weighted by molar-refractivity contribution is 6.00. The summed E-state index contributed by atoms with van der Waals surface area (Å²) >= 11 is 0. The van der Waals surface area contributed by atoms with E-state index in [0.717, 1.165) is 24.1 Å². The molecule has 9 heteroatoms. The molecule has 0 amide bonds. The van der Waals surface area contributed by atoms with E-state index in [9.17, 15) is 14.3 Å². The van der Waals surface area contributed by atoms with Gasteiger partial charge >= 0.3 is 5.97 Å². The summed E-state index contributed by atoms with van der Waals surface area (Å²) in [4.78, 5) is 11.6. The van der Waals surface area contributed by atoms with Crippen molar-refractivity contribution in [1.82, 2.24) is 14.8 Å². The SMILES string of the molecule is COc1cc(-n2c(C3CCOCC3)c([C@H]3C[C@H](C(=O)O)C3)c3c(F)c4[nH]ncc4cc32)ccc1F. The van der Waals surface area contributed by atoms with Crippen molar-refractivity contribution in [3.8, 4) is 11.4 Å². The summed E-state index contributed by atoms with van der Waals surface area (Å²) in [5.41, 5.74) is 3.44. The highest BCUT2D eigenvalue weighted by Gasteiger charge is 2.41. The van der Waals surface area contributed by atoms with Crippen molar-refractivity contribution in [3.05, 3.63) is 53.4 Å². The van der Waals surface area contributed by atoms with Crippen molar-refractivity contribution in [3.63, 3.8) is 0 Å². The first kappa shape index (κ1) is 22.0. The van der Waals surface area contributed by atoms with Crippen LogP contribution in [0.1, 0.15) is 48.8 Å². The van der Waals surface area contributed by atoms with E-state index in [0.29, 0.717) is 53.5 Å². The maximum absolute atomic E-state index is 16.1. The minimum Gasteiger partial charge on any atom is -0.494 e. The number of H-pyrrole nitrogens is 1. The molecular weight excluding hydrogens is 456 g/mol. The zero-order valence-electron chi connectivity index (χ0n) is 19.2. The molecular formula is C26H25F2N3O4. The maximum Gasteiger partial charge on any atom is 0.306 e. The van der Waals surface area contributed by atoms with Crippen LogP contribution in [-0.4, -0.2) is 46.2 Å². The Morgan fingerprint density at radius 2 is 1.97 bits per heavy atom. The third-order valence-electron chi connectivity index (χ3n) is 7.58. The lowest BCUT2D eigenvalue weighted by atomic mass is 9.69. The molecule has 182 valence electrons. The van der Waals surface area contributed by atoms with Crippen LogP contribution in [0, 0.1) is 17.6 Å². The van der Waals surface area contributed by atoms with Gasteiger partial charge in [0.2, 0.25) is 0 Å². The van der Waals surface area contributed by atoms with E-state index < -0.39 is 23.5 Å². The van der Waals surface area contributed by atoms with E-state index in [2.05, 4.69) is 10.2 Å². The van der Waals surface area contributed by atoms with Crippen LogP contribution in [0.3, 0.4) is 0 Å². The number of methoxy groups -OCH3 is 1. The molecule has 2 N–H and O–H groups in total. The zero-order valence-corrected chi connectivity index (χ0v) is 19.2. The van der Waals surface area contributed by atoms with E-state index in [1.54, 1.807) is 18.3 Å². The number of carboxylic acids is 1. The summed E-state index contributed by atoms with van der Waals surface area (Å²) in [5, 5.41) is 17.4. The van der Waals surface area contributed by atoms with Crippen molar-refractivity contribution in [1.29, 1.82) is 0 Å². The number of halogens is 2. The van der Waals surface area contributed by atoms with Gasteiger partial charge in [-0.3, -0.25) is 9.89 Å². The Bertz CT molecular complexity index is 1450. The van der Waals surface area contributed by atoms with Gasteiger partial charge in [0.25, 0.3) is 0 Å². The monoisotopic (exact) mass is 481 g/mol. The van der Waals surface area contributed by atoms with Crippen LogP contribution in [0.4, 0.5) is 8.78 Å². The smallest absolute Gasteiger partial charge is 0.306 e. The highest BCUT2D eigenvalue weighted by atomic mass is 19.1. The fourth-order valence-electron chi connectivity index (χ4n) is 5.76. The maximum atomic E-state index is 16.1. The molecule has 1 aliphatic carbocycles. The molecule has 2 fully saturated rings. The quantitative estimate of drug-likeness (QED) is 0.406. The number of rotatable bonds is 5. The van der Waals surface area contributed by atoms with Crippen LogP contribution in [0.15, 0.2) is 30.5 Å². The van der Waals surface area contributed by atoms with Crippen LogP contribution in [0.25, 0.3) is 27.5 Å². The molecule has 0 atom stereocenters. The van der Waals surface area contributed by atoms with Gasteiger partial charge in [-0.2, -0.15) is 5.10 Å². The molecule has 2 aliphatic rings. The third-order valence-corrected chi connectivity index (χ3v) is 7.58. The number of benzene rings is 2. The minimum atomic E-state index is -0.822. The van der Waals surface area contributed by atoms with Crippen molar-refractivity contribution in [2.75, 3.05) is 20.3 Å². The van der Waals surface area contributed by atoms with Gasteiger partial charge in [-0.05, 0) is 55.4 Å². The molecule has 35 heavy (non-hydrogen) atoms. The Balaban J connectivity index is 1.68. The lowest BCUT2D eigenvalue weighted by molar-refractivity contribution is -0.145. The summed E-state index contributed by atoms with van der Waals surface area (Å²) < 4.78 is 43.3. The number of hydrogen-bond donors (Lipinski definition) is 2. The largest absolute Gasteiger partial charge is 0.494 e. The summed E-state index contributed by atoms with van der Waals surface area (Å²) in [6.45, 7) is 1.18. The molecule has 2 aromatic carbocycles. The van der Waals surface area contributed by atoms with E-state index in [4.69, 9.17) is 9.47 Å². The Morgan fingerprint density at radius 1 is 1.20 bits per heavy atom. The predicted octanol–water partition coefficient (Wildman–Crippen LogP) is 5.27. The minimum absolute atomic E-state index is 0.0851. The molecule has 6 rings (SSSR count). The Kier molecular flexibility index (Phi) is 5.25. The topological polar surface area (TPSA) is 89.4 Å². The fraction of sp³-hybridized carbons (Fsp3) is 0.385. The van der Waals surface area contributed by atoms with Crippen molar-refractivity contribution < 1.29 is 28.2 Å². The predicted molar refractivity (Wildman–Crippen MR) is 125 cm³/mol. The van der Waals surface area contributed by atoms with Crippen molar-refractivity contribution in [2.45, 2.75) is 37.5 Å². The number of carboxylic acid groups (broad SMARTS) is 1. The first-order valence-electron chi connectivity index (χ1n) is 11.8. The molecule has 1 aliphatic heterocycles. The number of nitrogens with zero attached hydrogens (tertiary/aromatic N) is 2. The average molecular weight is 481 g/mol. The highest BCUT2D eigenvalue weighted by Crippen LogP contribution is 2.51. The van der Waals surface area contributed by atoms with Crippen LogP contribution in [0.5, 0.6) is 5.75 Å². The fourth-order valence-corrected chi connectivity index (χ4v) is 5.76. The number of aromatic amines is 1. The summed E-state index contributed by atoms with van der Waals surface area (Å²) in [6, 6.07) is 6.54. The second-order valence-corrected chi connectivity index (χ2v) is 9.46. The van der Waals surface area contributed by atoms with Gasteiger partial charge in [-0.15, -0.1) is 0 Å². The number of carbonyl (C=O) groups is 1. The number of nitrogens with one attached hydrogen (secondary N) is 1. The molecule has 0 bridgehead atoms. The number of fused-ring (bicyclic) bond motifs is 2. The van der Waals surface area contributed by atoms with E-state index in [1.807, 2.05) is 10.6 Å². The zero-order chi connectivity index (χ0) is 24.3. The molecule has 1 saturated heterocycles. The van der Waals surface area contributed by atoms with Gasteiger partial charge in [0.15, 0.2) is 17.4 Å². The lowest BCUT2D eigenvalue weighted by Crippen LogP contribution is -2.30. The molecule has 0 spiro atoms. The molecule has 7 nitrogen and oxygen atoms in total. The molecule has 3 heterocycles. The van der Waals surface area contributed by atoms with Gasteiger partial charge in [-0.1, -0.05) is 0 Å². The van der Waals surface area contributed by atoms with Crippen molar-refractivity contribution >= 4 is 27.8 Å². The van der Waals surface area contributed by atoms with E-state index >= 15 is 4.39 Å². The summed E-state index contributed by atoms with van der Waals surface area (Å²) in [7, 11) is 1.41. The number of aliphatic carboxylic acids is 1.